The van der Waals surface area contributed by atoms with Gasteiger partial charge in [-0.15, -0.1) is 0 Å². The van der Waals surface area contributed by atoms with Gasteiger partial charge in [-0.25, -0.2) is 13.4 Å². The Kier molecular flexibility index (Phi) is 4.28. The zero-order valence-corrected chi connectivity index (χ0v) is 11.0. The highest BCUT2D eigenvalue weighted by Gasteiger charge is 2.11. The molecular formula is C10H17N3O3S. The summed E-state index contributed by atoms with van der Waals surface area (Å²) in [5, 5.41) is 2.90. The number of aryl methyl sites for hydroxylation is 1. The molecule has 0 fully saturated rings. The van der Waals surface area contributed by atoms with Crippen molar-refractivity contribution in [2.75, 3.05) is 17.3 Å². The van der Waals surface area contributed by atoms with E-state index in [0.717, 1.165) is 0 Å². The molecule has 0 spiro atoms. The first-order valence-corrected chi connectivity index (χ1v) is 7.40. The van der Waals surface area contributed by atoms with E-state index in [0.29, 0.717) is 18.1 Å². The van der Waals surface area contributed by atoms with Crippen molar-refractivity contribution in [2.45, 2.75) is 26.3 Å². The van der Waals surface area contributed by atoms with Crippen LogP contribution in [0.1, 0.15) is 19.7 Å². The van der Waals surface area contributed by atoms with Crippen molar-refractivity contribution >= 4 is 15.7 Å². The smallest absolute Gasteiger partial charge is 0.252 e. The maximum Gasteiger partial charge on any atom is 0.252 e. The highest BCUT2D eigenvalue weighted by molar-refractivity contribution is 7.90. The zero-order valence-electron chi connectivity index (χ0n) is 10.1. The molecule has 1 unspecified atom stereocenters. The first-order valence-electron chi connectivity index (χ1n) is 5.34. The van der Waals surface area contributed by atoms with Gasteiger partial charge in [0.25, 0.3) is 5.56 Å². The molecule has 1 aromatic heterocycles. The fourth-order valence-electron chi connectivity index (χ4n) is 1.50. The largest absolute Gasteiger partial charge is 0.366 e. The second-order valence-electron chi connectivity index (χ2n) is 4.07. The van der Waals surface area contributed by atoms with Crippen LogP contribution in [-0.4, -0.2) is 36.4 Å². The minimum atomic E-state index is -3.05. The summed E-state index contributed by atoms with van der Waals surface area (Å²) in [6.45, 7) is 3.61. The SMILES string of the molecule is CCc1nc(NC(C)CS(C)(=O)=O)cc(=O)[nH]1. The van der Waals surface area contributed by atoms with Crippen molar-refractivity contribution < 1.29 is 8.42 Å². The summed E-state index contributed by atoms with van der Waals surface area (Å²) in [4.78, 5) is 18.0. The van der Waals surface area contributed by atoms with Crippen LogP contribution < -0.4 is 10.9 Å². The van der Waals surface area contributed by atoms with E-state index < -0.39 is 9.84 Å². The van der Waals surface area contributed by atoms with Gasteiger partial charge in [-0.05, 0) is 6.92 Å². The summed E-state index contributed by atoms with van der Waals surface area (Å²) in [5.74, 6) is 0.983. The van der Waals surface area contributed by atoms with E-state index in [1.807, 2.05) is 6.92 Å². The van der Waals surface area contributed by atoms with Gasteiger partial charge in [0.15, 0.2) is 0 Å². The fraction of sp³-hybridized carbons (Fsp3) is 0.600. The summed E-state index contributed by atoms with van der Waals surface area (Å²) in [7, 11) is -3.05. The summed E-state index contributed by atoms with van der Waals surface area (Å²) in [6, 6.07) is 1.03. The quantitative estimate of drug-likeness (QED) is 0.787. The minimum Gasteiger partial charge on any atom is -0.366 e. The van der Waals surface area contributed by atoms with Crippen LogP contribution >= 0.6 is 0 Å². The Bertz CT molecular complexity index is 536. The number of nitrogens with zero attached hydrogens (tertiary/aromatic N) is 1. The molecule has 0 saturated heterocycles. The number of hydrogen-bond donors (Lipinski definition) is 2. The van der Waals surface area contributed by atoms with Gasteiger partial charge in [-0.3, -0.25) is 4.79 Å². The van der Waals surface area contributed by atoms with Gasteiger partial charge < -0.3 is 10.3 Å². The first kappa shape index (κ1) is 13.7. The van der Waals surface area contributed by atoms with Gasteiger partial charge in [0.05, 0.1) is 5.75 Å². The van der Waals surface area contributed by atoms with E-state index >= 15 is 0 Å². The summed E-state index contributed by atoms with van der Waals surface area (Å²) in [5.41, 5.74) is -0.245. The van der Waals surface area contributed by atoms with E-state index in [1.54, 1.807) is 6.92 Å². The lowest BCUT2D eigenvalue weighted by atomic mass is 10.3. The Hall–Kier alpha value is -1.37. The van der Waals surface area contributed by atoms with Crippen LogP contribution in [0.2, 0.25) is 0 Å². The molecule has 0 saturated carbocycles. The van der Waals surface area contributed by atoms with Crippen molar-refractivity contribution in [2.24, 2.45) is 0 Å². The van der Waals surface area contributed by atoms with Crippen LogP contribution in [0, 0.1) is 0 Å². The summed E-state index contributed by atoms with van der Waals surface area (Å²) >= 11 is 0. The molecule has 7 heteroatoms. The van der Waals surface area contributed by atoms with Crippen molar-refractivity contribution in [3.8, 4) is 0 Å². The molecule has 1 atom stereocenters. The monoisotopic (exact) mass is 259 g/mol. The molecule has 0 bridgehead atoms. The molecule has 0 radical (unpaired) electrons. The average molecular weight is 259 g/mol. The highest BCUT2D eigenvalue weighted by Crippen LogP contribution is 2.03. The van der Waals surface area contributed by atoms with E-state index in [2.05, 4.69) is 15.3 Å². The number of nitrogens with one attached hydrogen (secondary N) is 2. The maximum atomic E-state index is 11.3. The van der Waals surface area contributed by atoms with Crippen LogP contribution in [0.15, 0.2) is 10.9 Å². The predicted molar refractivity (Wildman–Crippen MR) is 67.0 cm³/mol. The third kappa shape index (κ3) is 4.99. The standard InChI is InChI=1S/C10H17N3O3S/c1-4-8-12-9(5-10(14)13-8)11-7(2)6-17(3,15)16/h5,7H,4,6H2,1-3H3,(H2,11,12,13,14). The molecule has 1 rings (SSSR count). The van der Waals surface area contributed by atoms with Gasteiger partial charge in [-0.2, -0.15) is 0 Å². The van der Waals surface area contributed by atoms with E-state index in [9.17, 15) is 13.2 Å². The Morgan fingerprint density at radius 2 is 2.18 bits per heavy atom. The molecule has 1 heterocycles. The molecule has 1 aromatic rings. The van der Waals surface area contributed by atoms with Crippen molar-refractivity contribution in [1.29, 1.82) is 0 Å². The van der Waals surface area contributed by atoms with Crippen LogP contribution in [0.4, 0.5) is 5.82 Å². The van der Waals surface area contributed by atoms with Crippen LogP contribution in [0.3, 0.4) is 0 Å². The molecule has 0 amide bonds. The molecular weight excluding hydrogens is 242 g/mol. The molecule has 0 aliphatic rings. The fourth-order valence-corrected chi connectivity index (χ4v) is 2.49. The third-order valence-electron chi connectivity index (χ3n) is 2.07. The number of aromatic amines is 1. The molecule has 0 aliphatic heterocycles. The molecule has 0 aromatic carbocycles. The maximum absolute atomic E-state index is 11.3. The summed E-state index contributed by atoms with van der Waals surface area (Å²) < 4.78 is 22.2. The highest BCUT2D eigenvalue weighted by atomic mass is 32.2. The average Bonchev–Trinajstić information content (AvgIpc) is 2.13. The van der Waals surface area contributed by atoms with Gasteiger partial charge >= 0.3 is 0 Å². The second kappa shape index (κ2) is 5.31. The van der Waals surface area contributed by atoms with Gasteiger partial charge in [0.2, 0.25) is 0 Å². The molecule has 6 nitrogen and oxygen atoms in total. The van der Waals surface area contributed by atoms with Crippen LogP contribution in [0.25, 0.3) is 0 Å². The number of rotatable bonds is 5. The third-order valence-corrected chi connectivity index (χ3v) is 3.18. The lowest BCUT2D eigenvalue weighted by molar-refractivity contribution is 0.598. The van der Waals surface area contributed by atoms with Crippen molar-refractivity contribution in [1.82, 2.24) is 9.97 Å². The number of anilines is 1. The van der Waals surface area contributed by atoms with Crippen LogP contribution in [0.5, 0.6) is 0 Å². The lowest BCUT2D eigenvalue weighted by Gasteiger charge is -2.13. The topological polar surface area (TPSA) is 91.9 Å². The van der Waals surface area contributed by atoms with Crippen LogP contribution in [-0.2, 0) is 16.3 Å². The van der Waals surface area contributed by atoms with Gasteiger partial charge in [-0.1, -0.05) is 6.92 Å². The number of hydrogen-bond acceptors (Lipinski definition) is 5. The normalized spacial score (nSPS) is 13.4. The number of sulfone groups is 1. The zero-order chi connectivity index (χ0) is 13.1. The Labute approximate surface area is 100 Å². The van der Waals surface area contributed by atoms with Gasteiger partial charge in [0, 0.05) is 24.8 Å². The Morgan fingerprint density at radius 1 is 1.53 bits per heavy atom. The molecule has 2 N–H and O–H groups in total. The lowest BCUT2D eigenvalue weighted by Crippen LogP contribution is -2.26. The van der Waals surface area contributed by atoms with Gasteiger partial charge in [0.1, 0.15) is 21.5 Å². The Morgan fingerprint density at radius 3 is 2.71 bits per heavy atom. The van der Waals surface area contributed by atoms with E-state index in [4.69, 9.17) is 0 Å². The van der Waals surface area contributed by atoms with E-state index in [-0.39, 0.29) is 17.4 Å². The molecule has 0 aliphatic carbocycles. The van der Waals surface area contributed by atoms with Crippen molar-refractivity contribution in [3.63, 3.8) is 0 Å². The van der Waals surface area contributed by atoms with E-state index in [1.165, 1.54) is 12.3 Å². The first-order chi connectivity index (χ1) is 7.80. The van der Waals surface area contributed by atoms with Crippen molar-refractivity contribution in [3.05, 3.63) is 22.2 Å². The summed E-state index contributed by atoms with van der Waals surface area (Å²) in [6.07, 6.45) is 1.79. The Balaban J connectivity index is 2.81. The molecule has 96 valence electrons. The number of H-pyrrole nitrogens is 1. The number of aromatic nitrogens is 2. The predicted octanol–water partition coefficient (Wildman–Crippen LogP) is 0.177. The molecule has 17 heavy (non-hydrogen) atoms. The minimum absolute atomic E-state index is 0.00291. The second-order valence-corrected chi connectivity index (χ2v) is 6.25.